The topological polar surface area (TPSA) is 138 Å². The van der Waals surface area contributed by atoms with Crippen molar-refractivity contribution < 1.29 is 9.53 Å². The van der Waals surface area contributed by atoms with Crippen molar-refractivity contribution in [2.75, 3.05) is 57.5 Å². The third kappa shape index (κ3) is 8.38. The summed E-state index contributed by atoms with van der Waals surface area (Å²) in [6, 6.07) is 4.87. The summed E-state index contributed by atoms with van der Waals surface area (Å²) >= 11 is 1.43. The Balaban J connectivity index is 0.00000139. The van der Waals surface area contributed by atoms with Crippen LogP contribution < -0.4 is 21.1 Å². The van der Waals surface area contributed by atoms with E-state index in [4.69, 9.17) is 26.2 Å². The lowest BCUT2D eigenvalue weighted by atomic mass is 9.79. The maximum absolute atomic E-state index is 14.2. The van der Waals surface area contributed by atoms with Crippen LogP contribution in [0.3, 0.4) is 0 Å². The standard InChI is InChI=1S/C31H44N8O2S.2C2H6/c1-5-8-22(29(40)21-10-6-11-24-27(21)23(16-32)30(34)42-24)28(33)31-35-25(39-14-13-37(3)19(2)17-39)15-26(36-31)41-18-20-9-7-12-38(20)4;2*1-2/h15,19-21H,5-14,17-18,33-34H2,1-4H3;2*1-2H3/b28-22-;;/t19-,20-,21-;;/m0../s1. The van der Waals surface area contributed by atoms with E-state index in [1.165, 1.54) is 11.3 Å². The fraction of sp³-hybridized carbons (Fsp3) is 0.657. The van der Waals surface area contributed by atoms with Gasteiger partial charge in [0.1, 0.15) is 23.5 Å². The lowest BCUT2D eigenvalue weighted by molar-refractivity contribution is -0.117. The van der Waals surface area contributed by atoms with Crippen LogP contribution in [-0.2, 0) is 11.2 Å². The summed E-state index contributed by atoms with van der Waals surface area (Å²) in [7, 11) is 4.27. The number of hydrogen-bond acceptors (Lipinski definition) is 11. The van der Waals surface area contributed by atoms with Gasteiger partial charge in [-0.3, -0.25) is 4.79 Å². The second kappa shape index (κ2) is 17.6. The molecule has 0 unspecified atom stereocenters. The number of aryl methyl sites for hydroxylation is 1. The highest BCUT2D eigenvalue weighted by atomic mass is 32.1. The molecule has 4 heterocycles. The Morgan fingerprint density at radius 1 is 1.11 bits per heavy atom. The third-order valence-corrected chi connectivity index (χ3v) is 10.2. The van der Waals surface area contributed by atoms with Gasteiger partial charge >= 0.3 is 0 Å². The maximum atomic E-state index is 14.2. The van der Waals surface area contributed by atoms with E-state index in [9.17, 15) is 10.1 Å². The van der Waals surface area contributed by atoms with E-state index in [0.29, 0.717) is 65.1 Å². The molecular weight excluding hydrogens is 597 g/mol. The first-order chi connectivity index (χ1) is 22.2. The first-order valence-electron chi connectivity index (χ1n) is 17.2. The zero-order valence-electron chi connectivity index (χ0n) is 29.4. The molecule has 0 aromatic carbocycles. The molecule has 11 heteroatoms. The molecule has 254 valence electrons. The molecule has 5 rings (SSSR count). The summed E-state index contributed by atoms with van der Waals surface area (Å²) in [4.78, 5) is 31.9. The second-order valence-electron chi connectivity index (χ2n) is 12.0. The molecule has 46 heavy (non-hydrogen) atoms. The van der Waals surface area contributed by atoms with Gasteiger partial charge in [0.15, 0.2) is 11.6 Å². The summed E-state index contributed by atoms with van der Waals surface area (Å²) in [5, 5.41) is 10.3. The molecule has 10 nitrogen and oxygen atoms in total. The minimum atomic E-state index is -0.438. The van der Waals surface area contributed by atoms with Crippen molar-refractivity contribution in [1.29, 1.82) is 5.26 Å². The molecule has 0 bridgehead atoms. The van der Waals surface area contributed by atoms with Crippen molar-refractivity contribution in [3.05, 3.63) is 33.5 Å². The summed E-state index contributed by atoms with van der Waals surface area (Å²) in [5.41, 5.74) is 15.1. The normalized spacial score (nSPS) is 22.0. The number of nitriles is 1. The van der Waals surface area contributed by atoms with Crippen LogP contribution in [0.4, 0.5) is 10.8 Å². The molecule has 0 amide bonds. The van der Waals surface area contributed by atoms with Crippen molar-refractivity contribution in [3.63, 3.8) is 0 Å². The highest BCUT2D eigenvalue weighted by Gasteiger charge is 2.35. The van der Waals surface area contributed by atoms with Crippen LogP contribution in [0.1, 0.15) is 108 Å². The number of allylic oxidation sites excluding steroid dienone is 1. The van der Waals surface area contributed by atoms with Crippen LogP contribution in [0.25, 0.3) is 5.70 Å². The highest BCUT2D eigenvalue weighted by molar-refractivity contribution is 7.16. The Hall–Kier alpha value is -3.20. The highest BCUT2D eigenvalue weighted by Crippen LogP contribution is 2.44. The number of thiophene rings is 1. The first-order valence-corrected chi connectivity index (χ1v) is 18.0. The number of piperazine rings is 1. The Bertz CT molecular complexity index is 1380. The van der Waals surface area contributed by atoms with Crippen molar-refractivity contribution in [2.45, 2.75) is 104 Å². The Labute approximate surface area is 280 Å². The molecule has 2 aromatic rings. The molecule has 4 N–H and O–H groups in total. The van der Waals surface area contributed by atoms with Gasteiger partial charge in [0.25, 0.3) is 0 Å². The number of aromatic nitrogens is 2. The molecular formula is C35H56N8O2S. The lowest BCUT2D eigenvalue weighted by Gasteiger charge is -2.38. The molecule has 0 saturated carbocycles. The Kier molecular flexibility index (Phi) is 14.3. The number of anilines is 2. The number of carbonyl (C=O) groups excluding carboxylic acids is 1. The average molecular weight is 653 g/mol. The SMILES string of the molecule is CC.CC.CCC/C(C(=O)[C@H]1CCCc2sc(N)c(C#N)c21)=C(/N)c1nc(OC[C@@H]2CCCN2C)cc(N2CCN(C)[C@@H](C)C2)n1. The number of carbonyl (C=O) groups is 1. The number of likely N-dealkylation sites (tertiary alicyclic amines) is 1. The second-order valence-corrected chi connectivity index (χ2v) is 13.1. The smallest absolute Gasteiger partial charge is 0.219 e. The lowest BCUT2D eigenvalue weighted by Crippen LogP contribution is -2.50. The summed E-state index contributed by atoms with van der Waals surface area (Å²) in [6.07, 6.45) is 5.87. The van der Waals surface area contributed by atoms with Crippen LogP contribution in [0.5, 0.6) is 5.88 Å². The molecule has 0 radical (unpaired) electrons. The summed E-state index contributed by atoms with van der Waals surface area (Å²) < 4.78 is 6.29. The number of hydrogen-bond donors (Lipinski definition) is 2. The number of fused-ring (bicyclic) bond motifs is 1. The van der Waals surface area contributed by atoms with Gasteiger partial charge < -0.3 is 30.9 Å². The average Bonchev–Trinajstić information content (AvgIpc) is 3.65. The van der Waals surface area contributed by atoms with E-state index >= 15 is 0 Å². The molecule has 2 aromatic heterocycles. The molecule has 2 saturated heterocycles. The zero-order valence-corrected chi connectivity index (χ0v) is 30.2. The number of rotatable bonds is 9. The number of Topliss-reactive ketones (excluding diaryl/α,β-unsaturated/α-hetero) is 1. The van der Waals surface area contributed by atoms with Crippen LogP contribution in [0.15, 0.2) is 11.6 Å². The third-order valence-electron chi connectivity index (χ3n) is 9.15. The zero-order chi connectivity index (χ0) is 34.0. The molecule has 2 fully saturated rings. The Morgan fingerprint density at radius 3 is 2.48 bits per heavy atom. The van der Waals surface area contributed by atoms with E-state index in [0.717, 1.165) is 74.5 Å². The number of ketones is 1. The van der Waals surface area contributed by atoms with Gasteiger partial charge in [0.2, 0.25) is 5.88 Å². The van der Waals surface area contributed by atoms with Crippen molar-refractivity contribution in [3.8, 4) is 11.9 Å². The van der Waals surface area contributed by atoms with Crippen LogP contribution >= 0.6 is 11.3 Å². The van der Waals surface area contributed by atoms with Crippen LogP contribution in [0, 0.1) is 11.3 Å². The number of nitrogen functional groups attached to an aromatic ring is 1. The van der Waals surface area contributed by atoms with Crippen LogP contribution in [0.2, 0.25) is 0 Å². The van der Waals surface area contributed by atoms with Gasteiger partial charge in [-0.2, -0.15) is 10.2 Å². The van der Waals surface area contributed by atoms with Crippen molar-refractivity contribution >= 4 is 33.6 Å². The molecule has 0 spiro atoms. The van der Waals surface area contributed by atoms with Gasteiger partial charge in [-0.1, -0.05) is 41.0 Å². The largest absolute Gasteiger partial charge is 0.476 e. The molecule has 2 aliphatic heterocycles. The first kappa shape index (κ1) is 37.3. The minimum Gasteiger partial charge on any atom is -0.476 e. The molecule has 1 aliphatic carbocycles. The minimum absolute atomic E-state index is 0.0538. The fourth-order valence-corrected chi connectivity index (χ4v) is 7.56. The Morgan fingerprint density at radius 2 is 1.85 bits per heavy atom. The van der Waals surface area contributed by atoms with E-state index in [-0.39, 0.29) is 5.78 Å². The van der Waals surface area contributed by atoms with Crippen molar-refractivity contribution in [1.82, 2.24) is 19.8 Å². The van der Waals surface area contributed by atoms with Gasteiger partial charge in [0, 0.05) is 54.2 Å². The quantitative estimate of drug-likeness (QED) is 0.319. The van der Waals surface area contributed by atoms with Gasteiger partial charge in [0.05, 0.1) is 11.3 Å². The summed E-state index contributed by atoms with van der Waals surface area (Å²) in [5.74, 6) is 1.07. The predicted molar refractivity (Wildman–Crippen MR) is 190 cm³/mol. The van der Waals surface area contributed by atoms with Gasteiger partial charge in [-0.05, 0) is 71.7 Å². The van der Waals surface area contributed by atoms with E-state index in [1.807, 2.05) is 40.7 Å². The maximum Gasteiger partial charge on any atom is 0.219 e. The molecule has 3 atom stereocenters. The van der Waals surface area contributed by atoms with E-state index < -0.39 is 5.92 Å². The van der Waals surface area contributed by atoms with Crippen LogP contribution in [-0.4, -0.2) is 84.5 Å². The summed E-state index contributed by atoms with van der Waals surface area (Å²) in [6.45, 7) is 16.4. The van der Waals surface area contributed by atoms with Crippen molar-refractivity contribution in [2.24, 2.45) is 5.73 Å². The number of ether oxygens (including phenoxy) is 1. The monoisotopic (exact) mass is 652 g/mol. The molecule has 3 aliphatic rings. The van der Waals surface area contributed by atoms with E-state index in [2.05, 4.69) is 41.8 Å². The number of nitrogens with zero attached hydrogens (tertiary/aromatic N) is 6. The van der Waals surface area contributed by atoms with Gasteiger partial charge in [-0.15, -0.1) is 11.3 Å². The number of nitrogens with two attached hydrogens (primary N) is 2. The van der Waals surface area contributed by atoms with E-state index in [1.54, 1.807) is 0 Å². The predicted octanol–water partition coefficient (Wildman–Crippen LogP) is 5.82. The fourth-order valence-electron chi connectivity index (χ4n) is 6.44. The number of likely N-dealkylation sites (N-methyl/N-ethyl adjacent to an activating group) is 2. The van der Waals surface area contributed by atoms with Gasteiger partial charge in [-0.25, -0.2) is 4.98 Å².